The number of H-pyrrole nitrogens is 1. The molecule has 5 rings (SSSR count). The fraction of sp³-hybridized carbons (Fsp3) is 0.121. The molecule has 0 aliphatic carbocycles. The van der Waals surface area contributed by atoms with Crippen molar-refractivity contribution in [3.63, 3.8) is 0 Å². The van der Waals surface area contributed by atoms with Crippen LogP contribution < -0.4 is 24.4 Å². The van der Waals surface area contributed by atoms with E-state index in [4.69, 9.17) is 30.5 Å². The molecule has 0 unspecified atom stereocenters. The second-order valence-corrected chi connectivity index (χ2v) is 9.85. The van der Waals surface area contributed by atoms with Crippen LogP contribution in [0.5, 0.6) is 23.0 Å². The average Bonchev–Trinajstić information content (AvgIpc) is 3.39. The van der Waals surface area contributed by atoms with Crippen LogP contribution in [0.25, 0.3) is 22.0 Å². The van der Waals surface area contributed by atoms with Crippen molar-refractivity contribution in [2.45, 2.75) is 6.92 Å². The van der Waals surface area contributed by atoms with E-state index in [1.165, 1.54) is 39.7 Å². The number of hydrogen-bond acceptors (Lipinski definition) is 7. The lowest BCUT2D eigenvalue weighted by Gasteiger charge is -2.14. The minimum Gasteiger partial charge on any atom is -0.493 e. The molecular weight excluding hydrogens is 570 g/mol. The first-order valence-corrected chi connectivity index (χ1v) is 13.5. The van der Waals surface area contributed by atoms with Crippen LogP contribution in [-0.2, 0) is 0 Å². The van der Waals surface area contributed by atoms with Crippen LogP contribution in [0, 0.1) is 6.92 Å². The molecule has 9 nitrogen and oxygen atoms in total. The van der Waals surface area contributed by atoms with Crippen LogP contribution in [0.4, 0.5) is 0 Å². The number of fused-ring (bicyclic) bond motifs is 1. The number of nitrogens with zero attached hydrogens (tertiary/aromatic N) is 1. The molecule has 1 amide bonds. The van der Waals surface area contributed by atoms with Crippen LogP contribution in [-0.4, -0.2) is 44.4 Å². The van der Waals surface area contributed by atoms with E-state index in [2.05, 4.69) is 15.5 Å². The molecule has 2 N–H and O–H groups in total. The van der Waals surface area contributed by atoms with Crippen molar-refractivity contribution in [2.24, 2.45) is 5.10 Å². The number of amides is 1. The quantitative estimate of drug-likeness (QED) is 0.0836. The highest BCUT2D eigenvalue weighted by molar-refractivity contribution is 6.34. The van der Waals surface area contributed by atoms with Gasteiger partial charge in [-0.3, -0.25) is 4.79 Å². The maximum atomic E-state index is 13.4. The summed E-state index contributed by atoms with van der Waals surface area (Å²) in [5.74, 6) is 0.0998. The Labute approximate surface area is 253 Å². The molecule has 4 aromatic carbocycles. The minimum absolute atomic E-state index is 0.190. The minimum atomic E-state index is -0.651. The number of ether oxygens (including phenoxy) is 4. The van der Waals surface area contributed by atoms with Gasteiger partial charge in [0, 0.05) is 32.6 Å². The van der Waals surface area contributed by atoms with Crippen molar-refractivity contribution in [3.05, 3.63) is 106 Å². The SMILES string of the molecule is COc1cc(C(=O)Oc2ccccc2C=NNC(=O)c2[nH]c3ccc(C)cc3c2-c2ccccc2Cl)cc(OC)c1OC. The molecule has 0 fully saturated rings. The number of methoxy groups -OCH3 is 3. The summed E-state index contributed by atoms with van der Waals surface area (Å²) in [5.41, 5.74) is 6.77. The van der Waals surface area contributed by atoms with E-state index < -0.39 is 11.9 Å². The number of rotatable bonds is 9. The summed E-state index contributed by atoms with van der Waals surface area (Å²) < 4.78 is 21.7. The lowest BCUT2D eigenvalue weighted by molar-refractivity contribution is 0.0733. The highest BCUT2D eigenvalue weighted by Gasteiger charge is 2.22. The predicted octanol–water partition coefficient (Wildman–Crippen LogP) is 6.81. The van der Waals surface area contributed by atoms with Gasteiger partial charge >= 0.3 is 5.97 Å². The number of aromatic amines is 1. The second-order valence-electron chi connectivity index (χ2n) is 9.44. The molecule has 0 saturated heterocycles. The number of carbonyl (C=O) groups is 2. The number of benzene rings is 4. The van der Waals surface area contributed by atoms with Crippen LogP contribution in [0.2, 0.25) is 5.02 Å². The standard InChI is InChI=1S/C33H28ClN3O6/c1-19-13-14-25-23(15-19)29(22-10-6-7-11-24(22)34)30(36-25)32(38)37-35-18-20-9-5-8-12-26(20)43-33(39)21-16-27(40-2)31(42-4)28(17-21)41-3/h5-18,36H,1-4H3,(H,37,38). The van der Waals surface area contributed by atoms with E-state index in [-0.39, 0.29) is 11.3 Å². The first kappa shape index (κ1) is 29.2. The van der Waals surface area contributed by atoms with E-state index in [9.17, 15) is 9.59 Å². The highest BCUT2D eigenvalue weighted by atomic mass is 35.5. The zero-order chi connectivity index (χ0) is 30.5. The molecule has 5 aromatic rings. The van der Waals surface area contributed by atoms with Gasteiger partial charge in [-0.05, 0) is 49.4 Å². The van der Waals surface area contributed by atoms with Crippen molar-refractivity contribution in [1.29, 1.82) is 0 Å². The van der Waals surface area contributed by atoms with E-state index in [1.807, 2.05) is 43.3 Å². The Morgan fingerprint density at radius 2 is 1.56 bits per heavy atom. The Morgan fingerprint density at radius 3 is 2.26 bits per heavy atom. The zero-order valence-electron chi connectivity index (χ0n) is 23.9. The van der Waals surface area contributed by atoms with Gasteiger partial charge in [0.15, 0.2) is 11.5 Å². The number of carbonyl (C=O) groups excluding carboxylic acids is 2. The normalized spacial score (nSPS) is 11.0. The number of hydrogen-bond donors (Lipinski definition) is 2. The van der Waals surface area contributed by atoms with Gasteiger partial charge in [0.25, 0.3) is 5.91 Å². The van der Waals surface area contributed by atoms with Crippen molar-refractivity contribution in [3.8, 4) is 34.1 Å². The van der Waals surface area contributed by atoms with Crippen LogP contribution in [0.3, 0.4) is 0 Å². The number of aromatic nitrogens is 1. The van der Waals surface area contributed by atoms with Gasteiger partial charge < -0.3 is 23.9 Å². The maximum absolute atomic E-state index is 13.4. The van der Waals surface area contributed by atoms with Gasteiger partial charge in [-0.1, -0.05) is 53.6 Å². The Balaban J connectivity index is 1.40. The van der Waals surface area contributed by atoms with E-state index in [1.54, 1.807) is 30.3 Å². The van der Waals surface area contributed by atoms with Crippen LogP contribution in [0.15, 0.2) is 84.0 Å². The molecule has 1 aromatic heterocycles. The van der Waals surface area contributed by atoms with E-state index >= 15 is 0 Å². The Kier molecular flexibility index (Phi) is 8.64. The zero-order valence-corrected chi connectivity index (χ0v) is 24.6. The van der Waals surface area contributed by atoms with Crippen molar-refractivity contribution in [2.75, 3.05) is 21.3 Å². The molecule has 0 aliphatic heterocycles. The van der Waals surface area contributed by atoms with Gasteiger partial charge in [0.1, 0.15) is 11.4 Å². The molecule has 10 heteroatoms. The van der Waals surface area contributed by atoms with E-state index in [0.29, 0.717) is 39.1 Å². The lowest BCUT2D eigenvalue weighted by Crippen LogP contribution is -2.19. The number of para-hydroxylation sites is 1. The van der Waals surface area contributed by atoms with Crippen LogP contribution in [0.1, 0.15) is 32.0 Å². The van der Waals surface area contributed by atoms with Crippen LogP contribution >= 0.6 is 11.6 Å². The lowest BCUT2D eigenvalue weighted by atomic mass is 10.0. The molecule has 0 spiro atoms. The van der Waals surface area contributed by atoms with Gasteiger partial charge in [-0.15, -0.1) is 0 Å². The van der Waals surface area contributed by atoms with Gasteiger partial charge in [-0.25, -0.2) is 10.2 Å². The summed E-state index contributed by atoms with van der Waals surface area (Å²) in [6.45, 7) is 1.98. The van der Waals surface area contributed by atoms with Gasteiger partial charge in [-0.2, -0.15) is 5.10 Å². The third kappa shape index (κ3) is 6.02. The summed E-state index contributed by atoms with van der Waals surface area (Å²) in [5, 5.41) is 5.54. The molecule has 1 heterocycles. The molecule has 0 saturated carbocycles. The van der Waals surface area contributed by atoms with Gasteiger partial charge in [0.05, 0.1) is 33.1 Å². The van der Waals surface area contributed by atoms with Crippen molar-refractivity contribution >= 4 is 40.6 Å². The summed E-state index contributed by atoms with van der Waals surface area (Å²) in [6.07, 6.45) is 1.40. The molecule has 0 bridgehead atoms. The largest absolute Gasteiger partial charge is 0.493 e. The number of nitrogens with one attached hydrogen (secondary N) is 2. The molecular formula is C33H28ClN3O6. The first-order valence-electron chi connectivity index (χ1n) is 13.2. The Hall–Kier alpha value is -5.28. The second kappa shape index (κ2) is 12.7. The van der Waals surface area contributed by atoms with Crippen molar-refractivity contribution < 1.29 is 28.5 Å². The summed E-state index contributed by atoms with van der Waals surface area (Å²) >= 11 is 6.53. The number of aryl methyl sites for hydroxylation is 1. The smallest absolute Gasteiger partial charge is 0.343 e. The maximum Gasteiger partial charge on any atom is 0.343 e. The number of hydrazone groups is 1. The molecule has 218 valence electrons. The third-order valence-corrected chi connectivity index (χ3v) is 7.05. The summed E-state index contributed by atoms with van der Waals surface area (Å²) in [6, 6.07) is 23.0. The topological polar surface area (TPSA) is 111 Å². The molecule has 0 aliphatic rings. The van der Waals surface area contributed by atoms with Crippen molar-refractivity contribution in [1.82, 2.24) is 10.4 Å². The predicted molar refractivity (Wildman–Crippen MR) is 166 cm³/mol. The first-order chi connectivity index (χ1) is 20.8. The Morgan fingerprint density at radius 1 is 0.860 bits per heavy atom. The molecule has 0 atom stereocenters. The Bertz CT molecular complexity index is 1840. The molecule has 43 heavy (non-hydrogen) atoms. The monoisotopic (exact) mass is 597 g/mol. The number of halogens is 1. The van der Waals surface area contributed by atoms with Gasteiger partial charge in [0.2, 0.25) is 5.75 Å². The molecule has 0 radical (unpaired) electrons. The fourth-order valence-electron chi connectivity index (χ4n) is 4.67. The average molecular weight is 598 g/mol. The fourth-order valence-corrected chi connectivity index (χ4v) is 4.90. The number of esters is 1. The third-order valence-electron chi connectivity index (χ3n) is 6.72. The summed E-state index contributed by atoms with van der Waals surface area (Å²) in [4.78, 5) is 29.7. The van der Waals surface area contributed by atoms with E-state index in [0.717, 1.165) is 22.0 Å². The highest BCUT2D eigenvalue weighted by Crippen LogP contribution is 2.39. The summed E-state index contributed by atoms with van der Waals surface area (Å²) in [7, 11) is 4.39.